The minimum Gasteiger partial charge on any atom is -0.383 e. The summed E-state index contributed by atoms with van der Waals surface area (Å²) in [6, 6.07) is 0.631. The fourth-order valence-corrected chi connectivity index (χ4v) is 3.16. The topological polar surface area (TPSA) is 33.3 Å². The largest absolute Gasteiger partial charge is 0.383 e. The Balaban J connectivity index is 1.66. The summed E-state index contributed by atoms with van der Waals surface area (Å²) in [5.41, 5.74) is 0. The van der Waals surface area contributed by atoms with Crippen LogP contribution in [0.2, 0.25) is 0 Å². The van der Waals surface area contributed by atoms with Crippen LogP contribution in [0.4, 0.5) is 0 Å². The van der Waals surface area contributed by atoms with Gasteiger partial charge in [-0.3, -0.25) is 0 Å². The third-order valence-electron chi connectivity index (χ3n) is 3.65. The van der Waals surface area contributed by atoms with Crippen molar-refractivity contribution in [3.63, 3.8) is 0 Å². The number of hydrogen-bond donors (Lipinski definition) is 2. The predicted octanol–water partition coefficient (Wildman–Crippen LogP) is 1.29. The Morgan fingerprint density at radius 1 is 1.40 bits per heavy atom. The van der Waals surface area contributed by atoms with Crippen molar-refractivity contribution in [2.24, 2.45) is 11.8 Å². The van der Waals surface area contributed by atoms with E-state index in [-0.39, 0.29) is 0 Å². The molecule has 2 saturated carbocycles. The second-order valence-corrected chi connectivity index (χ2v) is 5.08. The van der Waals surface area contributed by atoms with E-state index in [9.17, 15) is 0 Å². The molecule has 0 radical (unpaired) electrons. The lowest BCUT2D eigenvalue weighted by Gasteiger charge is -2.24. The number of ether oxygens (including phenoxy) is 1. The number of thiocarbonyl (C=S) groups is 1. The van der Waals surface area contributed by atoms with Crippen molar-refractivity contribution in [3.8, 4) is 0 Å². The van der Waals surface area contributed by atoms with Crippen molar-refractivity contribution in [1.29, 1.82) is 0 Å². The summed E-state index contributed by atoms with van der Waals surface area (Å²) in [7, 11) is 1.70. The molecule has 3 nitrogen and oxygen atoms in total. The van der Waals surface area contributed by atoms with Crippen LogP contribution in [0, 0.1) is 11.8 Å². The lowest BCUT2D eigenvalue weighted by atomic mass is 9.96. The predicted molar refractivity (Wildman–Crippen MR) is 64.8 cm³/mol. The van der Waals surface area contributed by atoms with E-state index < -0.39 is 0 Å². The van der Waals surface area contributed by atoms with Gasteiger partial charge >= 0.3 is 0 Å². The van der Waals surface area contributed by atoms with Crippen LogP contribution in [0.1, 0.15) is 25.7 Å². The van der Waals surface area contributed by atoms with E-state index in [1.165, 1.54) is 25.7 Å². The maximum Gasteiger partial charge on any atom is 0.166 e. The molecule has 0 spiro atoms. The lowest BCUT2D eigenvalue weighted by molar-refractivity contribution is 0.203. The summed E-state index contributed by atoms with van der Waals surface area (Å²) in [5.74, 6) is 1.84. The molecule has 0 amide bonds. The normalized spacial score (nSPS) is 33.0. The van der Waals surface area contributed by atoms with Gasteiger partial charge in [0, 0.05) is 19.7 Å². The second-order valence-electron chi connectivity index (χ2n) is 4.67. The van der Waals surface area contributed by atoms with Gasteiger partial charge in [-0.1, -0.05) is 6.42 Å². The zero-order chi connectivity index (χ0) is 10.7. The van der Waals surface area contributed by atoms with Crippen molar-refractivity contribution >= 4 is 17.3 Å². The molecule has 2 rings (SSSR count). The van der Waals surface area contributed by atoms with Crippen LogP contribution in [-0.4, -0.2) is 31.4 Å². The molecule has 2 aliphatic carbocycles. The van der Waals surface area contributed by atoms with Gasteiger partial charge in [0.25, 0.3) is 0 Å². The Morgan fingerprint density at radius 3 is 2.87 bits per heavy atom. The molecular formula is C11H20N2OS. The number of methoxy groups -OCH3 is 1. The highest BCUT2D eigenvalue weighted by atomic mass is 32.1. The van der Waals surface area contributed by atoms with Gasteiger partial charge in [0.1, 0.15) is 0 Å². The molecule has 3 unspecified atom stereocenters. The van der Waals surface area contributed by atoms with E-state index in [1.807, 2.05) is 0 Å². The standard InChI is InChI=1S/C11H20N2OS/c1-14-5-4-12-11(15)13-10-7-8-2-3-9(10)6-8/h8-10H,2-7H2,1H3,(H2,12,13,15). The molecule has 0 aromatic carbocycles. The van der Waals surface area contributed by atoms with Crippen molar-refractivity contribution in [2.75, 3.05) is 20.3 Å². The van der Waals surface area contributed by atoms with Crippen molar-refractivity contribution in [3.05, 3.63) is 0 Å². The quantitative estimate of drug-likeness (QED) is 0.561. The van der Waals surface area contributed by atoms with E-state index in [2.05, 4.69) is 10.6 Å². The van der Waals surface area contributed by atoms with E-state index >= 15 is 0 Å². The highest BCUT2D eigenvalue weighted by Gasteiger charge is 2.39. The Hall–Kier alpha value is -0.350. The minimum absolute atomic E-state index is 0.631. The molecule has 0 aromatic heterocycles. The van der Waals surface area contributed by atoms with Gasteiger partial charge in [-0.2, -0.15) is 0 Å². The van der Waals surface area contributed by atoms with Crippen LogP contribution < -0.4 is 10.6 Å². The number of hydrogen-bond acceptors (Lipinski definition) is 2. The van der Waals surface area contributed by atoms with Crippen LogP contribution in [0.5, 0.6) is 0 Å². The smallest absolute Gasteiger partial charge is 0.166 e. The first-order valence-electron chi connectivity index (χ1n) is 5.83. The summed E-state index contributed by atoms with van der Waals surface area (Å²) >= 11 is 5.24. The summed E-state index contributed by atoms with van der Waals surface area (Å²) in [4.78, 5) is 0. The van der Waals surface area contributed by atoms with E-state index in [4.69, 9.17) is 17.0 Å². The van der Waals surface area contributed by atoms with Gasteiger partial charge in [0.15, 0.2) is 5.11 Å². The van der Waals surface area contributed by atoms with Gasteiger partial charge in [-0.25, -0.2) is 0 Å². The van der Waals surface area contributed by atoms with E-state index in [1.54, 1.807) is 7.11 Å². The maximum atomic E-state index is 5.24. The average molecular weight is 228 g/mol. The van der Waals surface area contributed by atoms with Crippen LogP contribution >= 0.6 is 12.2 Å². The molecule has 86 valence electrons. The Kier molecular flexibility index (Phi) is 3.81. The van der Waals surface area contributed by atoms with Crippen molar-refractivity contribution in [1.82, 2.24) is 10.6 Å². The van der Waals surface area contributed by atoms with Gasteiger partial charge in [-0.05, 0) is 43.3 Å². The molecule has 15 heavy (non-hydrogen) atoms. The van der Waals surface area contributed by atoms with Crippen LogP contribution in [0.15, 0.2) is 0 Å². The SMILES string of the molecule is COCCNC(=S)NC1CC2CCC1C2. The Labute approximate surface area is 96.9 Å². The molecule has 2 bridgehead atoms. The van der Waals surface area contributed by atoms with Gasteiger partial charge in [0.2, 0.25) is 0 Å². The van der Waals surface area contributed by atoms with E-state index in [0.29, 0.717) is 12.6 Å². The molecule has 0 aliphatic heterocycles. The van der Waals surface area contributed by atoms with Gasteiger partial charge in [0.05, 0.1) is 6.61 Å². The molecule has 4 heteroatoms. The molecule has 0 aromatic rings. The molecule has 0 heterocycles. The number of rotatable bonds is 4. The molecule has 2 fully saturated rings. The second kappa shape index (κ2) is 5.12. The Morgan fingerprint density at radius 2 is 2.27 bits per heavy atom. The van der Waals surface area contributed by atoms with Crippen molar-refractivity contribution in [2.45, 2.75) is 31.7 Å². The van der Waals surface area contributed by atoms with Gasteiger partial charge in [-0.15, -0.1) is 0 Å². The summed E-state index contributed by atoms with van der Waals surface area (Å²) in [5, 5.41) is 7.40. The summed E-state index contributed by atoms with van der Waals surface area (Å²) < 4.78 is 4.96. The number of nitrogens with one attached hydrogen (secondary N) is 2. The third-order valence-corrected chi connectivity index (χ3v) is 3.91. The van der Waals surface area contributed by atoms with Crippen LogP contribution in [-0.2, 0) is 4.74 Å². The highest BCUT2D eigenvalue weighted by molar-refractivity contribution is 7.80. The fraction of sp³-hybridized carbons (Fsp3) is 0.909. The first-order valence-corrected chi connectivity index (χ1v) is 6.23. The highest BCUT2D eigenvalue weighted by Crippen LogP contribution is 2.44. The summed E-state index contributed by atoms with van der Waals surface area (Å²) in [6.45, 7) is 1.50. The molecule has 2 N–H and O–H groups in total. The monoisotopic (exact) mass is 228 g/mol. The maximum absolute atomic E-state index is 5.24. The summed E-state index contributed by atoms with van der Waals surface area (Å²) in [6.07, 6.45) is 5.56. The fourth-order valence-electron chi connectivity index (χ4n) is 2.91. The van der Waals surface area contributed by atoms with Crippen LogP contribution in [0.3, 0.4) is 0 Å². The lowest BCUT2D eigenvalue weighted by Crippen LogP contribution is -2.45. The Bertz CT molecular complexity index is 235. The molecular weight excluding hydrogens is 208 g/mol. The minimum atomic E-state index is 0.631. The zero-order valence-electron chi connectivity index (χ0n) is 9.29. The molecule has 2 aliphatic rings. The van der Waals surface area contributed by atoms with E-state index in [0.717, 1.165) is 23.5 Å². The van der Waals surface area contributed by atoms with Crippen LogP contribution in [0.25, 0.3) is 0 Å². The first kappa shape index (κ1) is 11.1. The first-order chi connectivity index (χ1) is 7.29. The third kappa shape index (κ3) is 2.82. The van der Waals surface area contributed by atoms with Gasteiger partial charge < -0.3 is 15.4 Å². The number of fused-ring (bicyclic) bond motifs is 2. The van der Waals surface area contributed by atoms with Crippen molar-refractivity contribution < 1.29 is 4.74 Å². The zero-order valence-corrected chi connectivity index (χ0v) is 10.1. The average Bonchev–Trinajstić information content (AvgIpc) is 2.79. The molecule has 3 atom stereocenters. The molecule has 0 saturated heterocycles.